The molecule has 0 unspecified atom stereocenters. The highest BCUT2D eigenvalue weighted by Gasteiger charge is 2.26. The highest BCUT2D eigenvalue weighted by molar-refractivity contribution is 7.71. The summed E-state index contributed by atoms with van der Waals surface area (Å²) in [5, 5.41) is 0.765. The van der Waals surface area contributed by atoms with Gasteiger partial charge in [0.05, 0.1) is 11.9 Å². The second-order valence-corrected chi connectivity index (χ2v) is 7.72. The lowest BCUT2D eigenvalue weighted by Gasteiger charge is -2.28. The van der Waals surface area contributed by atoms with Crippen molar-refractivity contribution in [2.24, 2.45) is 0 Å². The number of nitrogens with one attached hydrogen (secondary N) is 2. The van der Waals surface area contributed by atoms with Gasteiger partial charge in [-0.3, -0.25) is 14.0 Å². The van der Waals surface area contributed by atoms with Crippen LogP contribution in [0.15, 0.2) is 55.0 Å². The average molecular weight is 402 g/mol. The molecule has 1 saturated heterocycles. The van der Waals surface area contributed by atoms with Crippen LogP contribution in [0.5, 0.6) is 0 Å². The predicted molar refractivity (Wildman–Crippen MR) is 110 cm³/mol. The number of piperazine rings is 1. The van der Waals surface area contributed by atoms with Gasteiger partial charge in [-0.05, 0) is 42.9 Å². The monoisotopic (exact) mass is 401 g/mol. The second-order valence-electron chi connectivity index (χ2n) is 6.95. The van der Waals surface area contributed by atoms with Crippen LogP contribution in [0.4, 0.5) is 5.82 Å². The molecule has 1 aromatic carbocycles. The average Bonchev–Trinajstić information content (AvgIpc) is 3.05. The largest absolute Gasteiger partial charge is 0.311 e. The molecule has 0 atom stereocenters. The quantitative estimate of drug-likeness (QED) is 0.679. The Kier molecular flexibility index (Phi) is 5.29. The molecule has 3 aromatic rings. The SMILES string of the molecule is Cc1c(Cl)cccc1-n1ccn(C[NH+]2CCN(c3cccc[nH+]3)CC2)c1=S. The number of nitrogens with zero attached hydrogens (tertiary/aromatic N) is 3. The van der Waals surface area contributed by atoms with E-state index < -0.39 is 0 Å². The number of hydrogen-bond acceptors (Lipinski definition) is 2. The normalized spacial score (nSPS) is 15.3. The van der Waals surface area contributed by atoms with E-state index in [0.29, 0.717) is 0 Å². The van der Waals surface area contributed by atoms with Gasteiger partial charge in [0.2, 0.25) is 0 Å². The molecule has 0 bridgehead atoms. The Balaban J connectivity index is 1.45. The van der Waals surface area contributed by atoms with Crippen LogP contribution < -0.4 is 14.8 Å². The van der Waals surface area contributed by atoms with Gasteiger partial charge < -0.3 is 4.90 Å². The minimum Gasteiger partial charge on any atom is -0.311 e. The Morgan fingerprint density at radius 1 is 1.11 bits per heavy atom. The van der Waals surface area contributed by atoms with E-state index in [4.69, 9.17) is 23.8 Å². The van der Waals surface area contributed by atoms with E-state index in [9.17, 15) is 0 Å². The lowest BCUT2D eigenvalue weighted by Crippen LogP contribution is -3.14. The number of aromatic nitrogens is 3. The van der Waals surface area contributed by atoms with E-state index in [-0.39, 0.29) is 0 Å². The molecule has 7 heteroatoms. The Morgan fingerprint density at radius 3 is 2.67 bits per heavy atom. The molecule has 4 rings (SSSR count). The van der Waals surface area contributed by atoms with Crippen molar-refractivity contribution in [3.63, 3.8) is 0 Å². The third-order valence-electron chi connectivity index (χ3n) is 5.24. The maximum Gasteiger partial charge on any atom is 0.274 e. The summed E-state index contributed by atoms with van der Waals surface area (Å²) in [6.45, 7) is 7.17. The van der Waals surface area contributed by atoms with Crippen molar-refractivity contribution in [1.82, 2.24) is 9.13 Å². The summed E-state index contributed by atoms with van der Waals surface area (Å²) in [6, 6.07) is 12.2. The topological polar surface area (TPSA) is 31.7 Å². The van der Waals surface area contributed by atoms with Gasteiger partial charge in [-0.25, -0.2) is 4.98 Å². The Morgan fingerprint density at radius 2 is 1.93 bits per heavy atom. The first-order valence-corrected chi connectivity index (χ1v) is 10.0. The number of quaternary nitrogens is 1. The summed E-state index contributed by atoms with van der Waals surface area (Å²) < 4.78 is 5.02. The minimum atomic E-state index is 0.765. The minimum absolute atomic E-state index is 0.765. The van der Waals surface area contributed by atoms with Gasteiger partial charge in [-0.2, -0.15) is 0 Å². The van der Waals surface area contributed by atoms with E-state index in [1.165, 1.54) is 5.82 Å². The summed E-state index contributed by atoms with van der Waals surface area (Å²) in [4.78, 5) is 7.27. The zero-order valence-electron chi connectivity index (χ0n) is 15.4. The number of halogens is 1. The molecule has 2 N–H and O–H groups in total. The van der Waals surface area contributed by atoms with Crippen LogP contribution in [0.25, 0.3) is 5.69 Å². The molecular formula is C20H24ClN5S+2. The number of aromatic amines is 1. The lowest BCUT2D eigenvalue weighted by molar-refractivity contribution is -0.923. The van der Waals surface area contributed by atoms with Gasteiger partial charge in [0, 0.05) is 23.5 Å². The van der Waals surface area contributed by atoms with Gasteiger partial charge in [0.25, 0.3) is 5.82 Å². The van der Waals surface area contributed by atoms with E-state index in [1.54, 1.807) is 4.90 Å². The number of rotatable bonds is 4. The zero-order chi connectivity index (χ0) is 18.8. The fraction of sp³-hybridized carbons (Fsp3) is 0.300. The number of benzene rings is 1. The molecule has 0 aliphatic carbocycles. The molecule has 3 heterocycles. The molecule has 27 heavy (non-hydrogen) atoms. The number of hydrogen-bond donors (Lipinski definition) is 1. The van der Waals surface area contributed by atoms with Crippen molar-refractivity contribution in [3.8, 4) is 5.69 Å². The van der Waals surface area contributed by atoms with Crippen LogP contribution in [0.2, 0.25) is 5.02 Å². The van der Waals surface area contributed by atoms with Crippen LogP contribution in [0.3, 0.4) is 0 Å². The highest BCUT2D eigenvalue weighted by atomic mass is 35.5. The number of pyridine rings is 1. The van der Waals surface area contributed by atoms with Gasteiger partial charge >= 0.3 is 0 Å². The third-order valence-corrected chi connectivity index (χ3v) is 6.08. The zero-order valence-corrected chi connectivity index (χ0v) is 16.9. The predicted octanol–water partition coefficient (Wildman–Crippen LogP) is 2.15. The molecule has 2 aromatic heterocycles. The third kappa shape index (κ3) is 3.78. The van der Waals surface area contributed by atoms with Gasteiger partial charge in [0.1, 0.15) is 26.2 Å². The number of anilines is 1. The van der Waals surface area contributed by atoms with Crippen molar-refractivity contribution in [3.05, 3.63) is 70.3 Å². The van der Waals surface area contributed by atoms with Crippen LogP contribution in [-0.2, 0) is 6.67 Å². The van der Waals surface area contributed by atoms with Crippen molar-refractivity contribution in [2.75, 3.05) is 31.1 Å². The van der Waals surface area contributed by atoms with E-state index in [2.05, 4.69) is 38.8 Å². The van der Waals surface area contributed by atoms with Crippen LogP contribution in [0.1, 0.15) is 5.56 Å². The number of H-pyrrole nitrogens is 1. The van der Waals surface area contributed by atoms with E-state index >= 15 is 0 Å². The summed E-state index contributed by atoms with van der Waals surface area (Å²) >= 11 is 12.0. The molecule has 0 radical (unpaired) electrons. The first kappa shape index (κ1) is 18.2. The van der Waals surface area contributed by atoms with Crippen molar-refractivity contribution in [2.45, 2.75) is 13.6 Å². The van der Waals surface area contributed by atoms with Crippen molar-refractivity contribution in [1.29, 1.82) is 0 Å². The summed E-state index contributed by atoms with van der Waals surface area (Å²) in [7, 11) is 0. The van der Waals surface area contributed by atoms with Gasteiger partial charge in [-0.15, -0.1) is 0 Å². The van der Waals surface area contributed by atoms with E-state index in [0.717, 1.165) is 53.9 Å². The molecular weight excluding hydrogens is 378 g/mol. The lowest BCUT2D eigenvalue weighted by atomic mass is 10.2. The van der Waals surface area contributed by atoms with Crippen LogP contribution in [0, 0.1) is 11.7 Å². The molecule has 1 fully saturated rings. The van der Waals surface area contributed by atoms with Gasteiger partial charge in [0.15, 0.2) is 11.4 Å². The standard InChI is InChI=1S/C20H22ClN5S/c1-16-17(21)5-4-6-18(16)26-14-13-25(20(26)27)15-23-9-11-24(12-10-23)19-7-2-3-8-22-19/h2-8,13-14H,9-12,15H2,1H3/p+2. The first-order valence-electron chi connectivity index (χ1n) is 9.22. The Bertz CT molecular complexity index is 974. The Labute approximate surface area is 169 Å². The molecule has 0 spiro atoms. The fourth-order valence-electron chi connectivity index (χ4n) is 3.62. The van der Waals surface area contributed by atoms with Crippen molar-refractivity contribution < 1.29 is 9.88 Å². The molecule has 1 aliphatic rings. The Hall–Kier alpha value is -2.15. The molecule has 140 valence electrons. The smallest absolute Gasteiger partial charge is 0.274 e. The second kappa shape index (κ2) is 7.84. The summed E-state index contributed by atoms with van der Waals surface area (Å²) in [5.41, 5.74) is 2.10. The van der Waals surface area contributed by atoms with E-state index in [1.807, 2.05) is 42.1 Å². The first-order chi connectivity index (χ1) is 13.1. The number of imidazole rings is 1. The maximum absolute atomic E-state index is 6.28. The molecule has 0 amide bonds. The van der Waals surface area contributed by atoms with Crippen LogP contribution in [-0.4, -0.2) is 35.3 Å². The van der Waals surface area contributed by atoms with Gasteiger partial charge in [-0.1, -0.05) is 23.7 Å². The van der Waals surface area contributed by atoms with Crippen molar-refractivity contribution >= 4 is 29.6 Å². The maximum atomic E-state index is 6.28. The summed E-state index contributed by atoms with van der Waals surface area (Å²) in [5.74, 6) is 1.19. The van der Waals surface area contributed by atoms with Crippen LogP contribution >= 0.6 is 23.8 Å². The highest BCUT2D eigenvalue weighted by Crippen LogP contribution is 2.22. The summed E-state index contributed by atoms with van der Waals surface area (Å²) in [6.07, 6.45) is 6.09. The molecule has 0 saturated carbocycles. The fourth-order valence-corrected chi connectivity index (χ4v) is 4.07. The molecule has 5 nitrogen and oxygen atoms in total. The molecule has 1 aliphatic heterocycles.